The van der Waals surface area contributed by atoms with Crippen molar-refractivity contribution in [1.29, 1.82) is 5.26 Å². The molecule has 144 valence electrons. The van der Waals surface area contributed by atoms with Gasteiger partial charge in [0, 0.05) is 11.2 Å². The molecule has 2 unspecified atom stereocenters. The zero-order valence-corrected chi connectivity index (χ0v) is 16.3. The fraction of sp³-hybridized carbons (Fsp3) is 0.600. The van der Waals surface area contributed by atoms with E-state index in [0.29, 0.717) is 11.3 Å². The molecule has 0 aromatic heterocycles. The smallest absolute Gasteiger partial charge is 0.233 e. The van der Waals surface area contributed by atoms with Crippen LogP contribution in [-0.2, 0) is 9.53 Å². The van der Waals surface area contributed by atoms with Crippen LogP contribution >= 0.6 is 11.8 Å². The molecule has 0 bridgehead atoms. The Hall–Kier alpha value is -1.75. The van der Waals surface area contributed by atoms with Gasteiger partial charge in [-0.05, 0) is 44.4 Å². The number of thioether (sulfide) groups is 1. The Kier molecular flexibility index (Phi) is 4.83. The second-order valence-electron chi connectivity index (χ2n) is 7.84. The number of carbonyl (C=O) groups excluding carboxylic acids is 1. The number of aliphatic hydroxyl groups excluding tert-OH is 1. The molecule has 3 saturated heterocycles. The minimum Gasteiger partial charge on any atom is -0.465 e. The zero-order chi connectivity index (χ0) is 19.2. The predicted octanol–water partition coefficient (Wildman–Crippen LogP) is 2.83. The number of carbonyl (C=O) groups is 1. The van der Waals surface area contributed by atoms with Gasteiger partial charge >= 0.3 is 0 Å². The lowest BCUT2D eigenvalue weighted by Gasteiger charge is -2.45. The molecule has 6 nitrogen and oxygen atoms in total. The van der Waals surface area contributed by atoms with E-state index in [4.69, 9.17) is 9.47 Å². The molecule has 1 amide bonds. The molecular formula is C20H24N2O4S. The van der Waals surface area contributed by atoms with Crippen molar-refractivity contribution >= 4 is 17.7 Å². The number of hydrogen-bond acceptors (Lipinski definition) is 6. The molecule has 0 radical (unpaired) electrons. The van der Waals surface area contributed by atoms with Crippen molar-refractivity contribution < 1.29 is 19.4 Å². The van der Waals surface area contributed by atoms with E-state index < -0.39 is 18.1 Å². The molecule has 3 aliphatic rings. The number of amides is 1. The van der Waals surface area contributed by atoms with Gasteiger partial charge in [-0.3, -0.25) is 4.79 Å². The third-order valence-electron chi connectivity index (χ3n) is 5.57. The Bertz CT molecular complexity index is 754. The van der Waals surface area contributed by atoms with Crippen LogP contribution in [0.25, 0.3) is 0 Å². The summed E-state index contributed by atoms with van der Waals surface area (Å²) in [7, 11) is 0. The molecule has 3 fully saturated rings. The second kappa shape index (κ2) is 7.01. The summed E-state index contributed by atoms with van der Waals surface area (Å²) in [5.74, 6) is 0.0365. The van der Waals surface area contributed by atoms with E-state index in [-0.39, 0.29) is 22.3 Å². The second-order valence-corrected chi connectivity index (χ2v) is 9.61. The highest BCUT2D eigenvalue weighted by Crippen LogP contribution is 2.55. The van der Waals surface area contributed by atoms with Gasteiger partial charge in [-0.2, -0.15) is 5.26 Å². The van der Waals surface area contributed by atoms with E-state index >= 15 is 0 Å². The number of rotatable bonds is 4. The van der Waals surface area contributed by atoms with Crippen molar-refractivity contribution in [3.63, 3.8) is 0 Å². The fourth-order valence-electron chi connectivity index (χ4n) is 4.04. The Morgan fingerprint density at radius 1 is 1.37 bits per heavy atom. The first-order valence-corrected chi connectivity index (χ1v) is 10.3. The molecule has 3 heterocycles. The number of fused-ring (bicyclic) bond motifs is 1. The van der Waals surface area contributed by atoms with E-state index in [1.54, 1.807) is 40.9 Å². The molecule has 1 aromatic rings. The highest BCUT2D eigenvalue weighted by molar-refractivity contribution is 8.01. The summed E-state index contributed by atoms with van der Waals surface area (Å²) in [6.45, 7) is 4.67. The first kappa shape index (κ1) is 18.6. The summed E-state index contributed by atoms with van der Waals surface area (Å²) in [5, 5.41) is 20.0. The van der Waals surface area contributed by atoms with Crippen molar-refractivity contribution in [1.82, 2.24) is 4.90 Å². The molecule has 3 aliphatic heterocycles. The van der Waals surface area contributed by atoms with Crippen LogP contribution in [0.4, 0.5) is 0 Å². The molecule has 0 spiro atoms. The van der Waals surface area contributed by atoms with Gasteiger partial charge in [0.2, 0.25) is 5.91 Å². The maximum Gasteiger partial charge on any atom is 0.233 e. The topological polar surface area (TPSA) is 82.8 Å². The van der Waals surface area contributed by atoms with Gasteiger partial charge < -0.3 is 19.5 Å². The molecule has 5 atom stereocenters. The average Bonchev–Trinajstić information content (AvgIpc) is 2.90. The van der Waals surface area contributed by atoms with Crippen molar-refractivity contribution in [2.24, 2.45) is 5.92 Å². The summed E-state index contributed by atoms with van der Waals surface area (Å²) >= 11 is 1.59. The Morgan fingerprint density at radius 2 is 2.11 bits per heavy atom. The van der Waals surface area contributed by atoms with Crippen LogP contribution in [-0.4, -0.2) is 45.0 Å². The SMILES string of the molecule is CC1(C)S[C@H]2[C@@H](C(O)c3ccc(OC4CCCCO4)cc3)C(=O)N2[C@H]1C#N. The molecular weight excluding hydrogens is 364 g/mol. The van der Waals surface area contributed by atoms with E-state index in [9.17, 15) is 15.2 Å². The van der Waals surface area contributed by atoms with Gasteiger partial charge in [0.05, 0.1) is 30.1 Å². The lowest BCUT2D eigenvalue weighted by molar-refractivity contribution is -0.159. The van der Waals surface area contributed by atoms with Crippen LogP contribution in [0.1, 0.15) is 44.8 Å². The van der Waals surface area contributed by atoms with E-state index in [0.717, 1.165) is 25.9 Å². The van der Waals surface area contributed by atoms with Gasteiger partial charge in [0.25, 0.3) is 0 Å². The third-order valence-corrected chi connectivity index (χ3v) is 7.16. The average molecular weight is 388 g/mol. The van der Waals surface area contributed by atoms with E-state index in [1.807, 2.05) is 13.8 Å². The largest absolute Gasteiger partial charge is 0.465 e. The zero-order valence-electron chi connectivity index (χ0n) is 15.5. The Labute approximate surface area is 163 Å². The van der Waals surface area contributed by atoms with Crippen LogP contribution in [0.3, 0.4) is 0 Å². The Morgan fingerprint density at radius 3 is 2.74 bits per heavy atom. The number of benzene rings is 1. The van der Waals surface area contributed by atoms with Gasteiger partial charge in [0.1, 0.15) is 11.8 Å². The van der Waals surface area contributed by atoms with E-state index in [2.05, 4.69) is 6.07 Å². The van der Waals surface area contributed by atoms with Gasteiger partial charge in [-0.1, -0.05) is 12.1 Å². The molecule has 4 rings (SSSR count). The van der Waals surface area contributed by atoms with Crippen LogP contribution in [0, 0.1) is 17.2 Å². The maximum atomic E-state index is 12.6. The van der Waals surface area contributed by atoms with E-state index in [1.165, 1.54) is 0 Å². The molecule has 27 heavy (non-hydrogen) atoms. The fourth-order valence-corrected chi connectivity index (χ4v) is 5.71. The number of nitrogens with zero attached hydrogens (tertiary/aromatic N) is 2. The summed E-state index contributed by atoms with van der Waals surface area (Å²) in [5.41, 5.74) is 0.684. The highest BCUT2D eigenvalue weighted by atomic mass is 32.2. The number of nitriles is 1. The maximum absolute atomic E-state index is 12.6. The van der Waals surface area contributed by atoms with Crippen molar-refractivity contribution in [3.05, 3.63) is 29.8 Å². The van der Waals surface area contributed by atoms with Crippen LogP contribution in [0.2, 0.25) is 0 Å². The molecule has 7 heteroatoms. The first-order valence-electron chi connectivity index (χ1n) is 9.38. The van der Waals surface area contributed by atoms with Crippen LogP contribution < -0.4 is 4.74 Å². The summed E-state index contributed by atoms with van der Waals surface area (Å²) in [6.07, 6.45) is 1.95. The standard InChI is InChI=1S/C20H24N2O4S/c1-20(2)14(11-21)22-18(24)16(19(22)27-20)17(23)12-6-8-13(9-7-12)26-15-5-3-4-10-25-15/h6-9,14-17,19,23H,3-5,10H2,1-2H3/t14-,15?,16-,17?,19-/m0/s1. The van der Waals surface area contributed by atoms with Gasteiger partial charge in [-0.25, -0.2) is 0 Å². The quantitative estimate of drug-likeness (QED) is 0.799. The highest BCUT2D eigenvalue weighted by Gasteiger charge is 2.63. The summed E-state index contributed by atoms with van der Waals surface area (Å²) in [4.78, 5) is 14.2. The number of ether oxygens (including phenoxy) is 2. The number of aliphatic hydroxyl groups is 1. The van der Waals surface area contributed by atoms with Crippen molar-refractivity contribution in [2.75, 3.05) is 6.61 Å². The molecule has 0 saturated carbocycles. The lowest BCUT2D eigenvalue weighted by atomic mass is 9.85. The molecule has 1 aromatic carbocycles. The third kappa shape index (κ3) is 3.20. The minimum absolute atomic E-state index is 0.145. The minimum atomic E-state index is -0.889. The normalized spacial score (nSPS) is 33.0. The van der Waals surface area contributed by atoms with Gasteiger partial charge in [0.15, 0.2) is 6.29 Å². The van der Waals surface area contributed by atoms with Crippen LogP contribution in [0.5, 0.6) is 5.75 Å². The summed E-state index contributed by atoms with van der Waals surface area (Å²) < 4.78 is 11.1. The lowest BCUT2D eigenvalue weighted by Crippen LogP contribution is -2.61. The monoisotopic (exact) mass is 388 g/mol. The molecule has 0 aliphatic carbocycles. The summed E-state index contributed by atoms with van der Waals surface area (Å²) in [6, 6.07) is 8.99. The molecule has 1 N–H and O–H groups in total. The predicted molar refractivity (Wildman–Crippen MR) is 101 cm³/mol. The van der Waals surface area contributed by atoms with Gasteiger partial charge in [-0.15, -0.1) is 11.8 Å². The van der Waals surface area contributed by atoms with Crippen LogP contribution in [0.15, 0.2) is 24.3 Å². The van der Waals surface area contributed by atoms with Crippen molar-refractivity contribution in [3.8, 4) is 11.8 Å². The van der Waals surface area contributed by atoms with Crippen molar-refractivity contribution in [2.45, 2.75) is 61.7 Å². The first-order chi connectivity index (χ1) is 12.9. The number of β-lactam (4-membered cyclic amide) rings is 1. The number of hydrogen-bond donors (Lipinski definition) is 1. The Balaban J connectivity index is 1.44.